The Kier molecular flexibility index (Phi) is 6.70. The van der Waals surface area contributed by atoms with E-state index in [4.69, 9.17) is 0 Å². The molecule has 1 aliphatic heterocycles. The van der Waals surface area contributed by atoms with Crippen molar-refractivity contribution in [1.82, 2.24) is 44.5 Å². The van der Waals surface area contributed by atoms with Crippen LogP contribution in [0.2, 0.25) is 0 Å². The second kappa shape index (κ2) is 10.2. The Morgan fingerprint density at radius 3 is 2.86 bits per heavy atom. The molecule has 1 atom stereocenters. The molecule has 5 rings (SSSR count). The molecule has 11 heteroatoms. The number of hydrogen-bond acceptors (Lipinski definition) is 7. The molecule has 0 saturated carbocycles. The van der Waals surface area contributed by atoms with Crippen LogP contribution in [0.3, 0.4) is 0 Å². The first-order valence-electron chi connectivity index (χ1n) is 12.4. The number of unbranched alkanes of at least 4 members (excludes halogenated alkanes) is 1. The highest BCUT2D eigenvalue weighted by Crippen LogP contribution is 2.35. The quantitative estimate of drug-likeness (QED) is 0.367. The number of allylic oxidation sites excluding steroid dienone is 1. The van der Waals surface area contributed by atoms with Gasteiger partial charge < -0.3 is 0 Å². The molecule has 1 aromatic carbocycles. The van der Waals surface area contributed by atoms with Crippen molar-refractivity contribution in [3.05, 3.63) is 70.8 Å². The molecule has 36 heavy (non-hydrogen) atoms. The third-order valence-electron chi connectivity index (χ3n) is 6.63. The second-order valence-corrected chi connectivity index (χ2v) is 9.08. The number of tetrazole rings is 1. The normalized spacial score (nSPS) is 17.2. The molecule has 1 aliphatic rings. The Balaban J connectivity index is 1.60. The minimum absolute atomic E-state index is 0.114. The summed E-state index contributed by atoms with van der Waals surface area (Å²) in [5.41, 5.74) is 2.36. The van der Waals surface area contributed by atoms with Crippen molar-refractivity contribution in [2.24, 2.45) is 4.99 Å². The van der Waals surface area contributed by atoms with Crippen LogP contribution in [0.4, 0.5) is 0 Å². The predicted molar refractivity (Wildman–Crippen MR) is 136 cm³/mol. The average molecular weight is 487 g/mol. The van der Waals surface area contributed by atoms with Crippen LogP contribution in [-0.4, -0.2) is 50.7 Å². The van der Waals surface area contributed by atoms with E-state index >= 15 is 0 Å². The van der Waals surface area contributed by atoms with E-state index < -0.39 is 5.41 Å². The van der Waals surface area contributed by atoms with Gasteiger partial charge in [-0.1, -0.05) is 44.5 Å². The van der Waals surface area contributed by atoms with Crippen LogP contribution in [0.15, 0.2) is 58.9 Å². The predicted octanol–water partition coefficient (Wildman–Crippen LogP) is 3.09. The van der Waals surface area contributed by atoms with Crippen molar-refractivity contribution >= 4 is 6.21 Å². The number of benzene rings is 1. The largest absolute Gasteiger partial charge is 0.335 e. The molecular weight excluding hydrogens is 456 g/mol. The molecule has 0 radical (unpaired) electrons. The van der Waals surface area contributed by atoms with Crippen molar-refractivity contribution in [1.29, 1.82) is 0 Å². The standard InChI is InChI=1S/C25H30N10O/c1-3-5-9-21-16-33(23-27-18-28-35(23)14-4-2)24(36)34(21)17-25(10-12-26-13-11-25)20-8-6-7-19(15-20)22-29-31-32-30-22/h6-8,10,12-13,15-16,18H,3-5,9,11,14,17H2,1-2H3,(H,29,30,31,32). The fourth-order valence-electron chi connectivity index (χ4n) is 4.70. The number of aromatic amines is 1. The summed E-state index contributed by atoms with van der Waals surface area (Å²) in [5, 5.41) is 18.6. The Morgan fingerprint density at radius 2 is 2.11 bits per heavy atom. The lowest BCUT2D eigenvalue weighted by atomic mass is 9.76. The molecule has 0 amide bonds. The lowest BCUT2D eigenvalue weighted by Gasteiger charge is -2.32. The minimum atomic E-state index is -0.459. The monoisotopic (exact) mass is 486 g/mol. The van der Waals surface area contributed by atoms with Crippen molar-refractivity contribution in [2.45, 2.75) is 64.5 Å². The summed E-state index contributed by atoms with van der Waals surface area (Å²) in [6.45, 7) is 5.41. The molecule has 4 heterocycles. The maximum Gasteiger partial charge on any atom is 0.335 e. The first-order chi connectivity index (χ1) is 17.6. The van der Waals surface area contributed by atoms with Gasteiger partial charge in [0.15, 0.2) is 5.82 Å². The molecule has 0 spiro atoms. The van der Waals surface area contributed by atoms with Crippen LogP contribution in [0.25, 0.3) is 17.3 Å². The van der Waals surface area contributed by atoms with Gasteiger partial charge in [-0.25, -0.2) is 19.1 Å². The first-order valence-corrected chi connectivity index (χ1v) is 12.4. The highest BCUT2D eigenvalue weighted by molar-refractivity contribution is 5.65. The van der Waals surface area contributed by atoms with Crippen molar-refractivity contribution in [3.8, 4) is 17.3 Å². The van der Waals surface area contributed by atoms with E-state index in [9.17, 15) is 4.79 Å². The summed E-state index contributed by atoms with van der Waals surface area (Å²) in [6, 6.07) is 8.13. The summed E-state index contributed by atoms with van der Waals surface area (Å²) in [4.78, 5) is 22.6. The van der Waals surface area contributed by atoms with Gasteiger partial charge in [-0.2, -0.15) is 10.1 Å². The van der Waals surface area contributed by atoms with Gasteiger partial charge >= 0.3 is 5.69 Å². The molecule has 0 aliphatic carbocycles. The van der Waals surface area contributed by atoms with Crippen LogP contribution in [0.1, 0.15) is 50.8 Å². The van der Waals surface area contributed by atoms with Gasteiger partial charge in [0.25, 0.3) is 0 Å². The highest BCUT2D eigenvalue weighted by atomic mass is 16.2. The average Bonchev–Trinajstić information content (AvgIpc) is 3.66. The SMILES string of the molecule is CCCCc1cn(-c2ncnn2CCC)c(=O)n1CC1(c2cccc(-c3nnn[nH]3)c2)C=CN=CC1. The van der Waals surface area contributed by atoms with E-state index in [-0.39, 0.29) is 5.69 Å². The number of imidazole rings is 1. The van der Waals surface area contributed by atoms with Crippen molar-refractivity contribution in [3.63, 3.8) is 0 Å². The Morgan fingerprint density at radius 1 is 1.19 bits per heavy atom. The van der Waals surface area contributed by atoms with Gasteiger partial charge in [0, 0.05) is 48.4 Å². The number of hydrogen-bond donors (Lipinski definition) is 1. The molecule has 1 N–H and O–H groups in total. The first kappa shape index (κ1) is 23.6. The van der Waals surface area contributed by atoms with Crippen LogP contribution >= 0.6 is 0 Å². The highest BCUT2D eigenvalue weighted by Gasteiger charge is 2.33. The number of H-pyrrole nitrogens is 1. The molecule has 0 fully saturated rings. The van der Waals surface area contributed by atoms with E-state index in [0.29, 0.717) is 31.3 Å². The van der Waals surface area contributed by atoms with Crippen LogP contribution in [0, 0.1) is 0 Å². The minimum Gasteiger partial charge on any atom is -0.295 e. The van der Waals surface area contributed by atoms with E-state index in [1.165, 1.54) is 6.33 Å². The molecule has 11 nitrogen and oxygen atoms in total. The summed E-state index contributed by atoms with van der Waals surface area (Å²) in [7, 11) is 0. The lowest BCUT2D eigenvalue weighted by molar-refractivity contribution is 0.437. The summed E-state index contributed by atoms with van der Waals surface area (Å²) in [6.07, 6.45) is 13.7. The third-order valence-corrected chi connectivity index (χ3v) is 6.63. The fourth-order valence-corrected chi connectivity index (χ4v) is 4.70. The Labute approximate surface area is 208 Å². The number of aryl methyl sites for hydroxylation is 2. The van der Waals surface area contributed by atoms with Crippen molar-refractivity contribution in [2.75, 3.05) is 0 Å². The van der Waals surface area contributed by atoms with E-state index in [1.54, 1.807) is 9.25 Å². The lowest BCUT2D eigenvalue weighted by Crippen LogP contribution is -2.37. The van der Waals surface area contributed by atoms with Gasteiger partial charge in [0.2, 0.25) is 5.95 Å². The van der Waals surface area contributed by atoms with Gasteiger partial charge in [0.05, 0.1) is 0 Å². The number of aromatic nitrogens is 9. The second-order valence-electron chi connectivity index (χ2n) is 9.08. The summed E-state index contributed by atoms with van der Waals surface area (Å²) >= 11 is 0. The zero-order valence-electron chi connectivity index (χ0n) is 20.6. The van der Waals surface area contributed by atoms with Crippen LogP contribution in [-0.2, 0) is 24.9 Å². The Hall–Kier alpha value is -4.15. The summed E-state index contributed by atoms with van der Waals surface area (Å²) in [5.74, 6) is 1.15. The summed E-state index contributed by atoms with van der Waals surface area (Å²) < 4.78 is 5.32. The Bertz CT molecular complexity index is 1430. The topological polar surface area (TPSA) is 124 Å². The molecule has 186 valence electrons. The number of rotatable bonds is 10. The van der Waals surface area contributed by atoms with Gasteiger partial charge in [-0.05, 0) is 47.7 Å². The molecule has 0 saturated heterocycles. The van der Waals surface area contributed by atoms with Crippen LogP contribution in [0.5, 0.6) is 0 Å². The molecule has 1 unspecified atom stereocenters. The zero-order valence-corrected chi connectivity index (χ0v) is 20.6. The third kappa shape index (κ3) is 4.43. The van der Waals surface area contributed by atoms with Gasteiger partial charge in [-0.3, -0.25) is 9.56 Å². The van der Waals surface area contributed by atoms with Gasteiger partial charge in [0.1, 0.15) is 6.33 Å². The maximum absolute atomic E-state index is 13.9. The van der Waals surface area contributed by atoms with E-state index in [0.717, 1.165) is 42.5 Å². The van der Waals surface area contributed by atoms with E-state index in [1.807, 2.05) is 35.3 Å². The van der Waals surface area contributed by atoms with Crippen molar-refractivity contribution < 1.29 is 0 Å². The maximum atomic E-state index is 13.9. The fraction of sp³-hybridized carbons (Fsp3) is 0.400. The molecule has 0 bridgehead atoms. The molecular formula is C25H30N10O. The van der Waals surface area contributed by atoms with Gasteiger partial charge in [-0.15, -0.1) is 5.10 Å². The van der Waals surface area contributed by atoms with Crippen LogP contribution < -0.4 is 5.69 Å². The smallest absolute Gasteiger partial charge is 0.295 e. The molecule has 4 aromatic rings. The van der Waals surface area contributed by atoms with E-state index in [2.05, 4.69) is 67.8 Å². The number of nitrogens with zero attached hydrogens (tertiary/aromatic N) is 9. The number of aliphatic imine (C=N–C) groups is 1. The zero-order chi connectivity index (χ0) is 25.0. The molecule has 3 aromatic heterocycles. The number of nitrogens with one attached hydrogen (secondary N) is 1.